The van der Waals surface area contributed by atoms with Crippen molar-refractivity contribution in [2.75, 3.05) is 6.61 Å². The topological polar surface area (TPSA) is 55.4 Å². The second kappa shape index (κ2) is 8.29. The minimum Gasteiger partial charge on any atom is -0.461 e. The fourth-order valence-electron chi connectivity index (χ4n) is 0.924. The number of carbonyl (C=O) groups is 2. The Morgan fingerprint density at radius 2 is 2.14 bits per heavy atom. The van der Waals surface area contributed by atoms with Gasteiger partial charge in [-0.25, -0.2) is 4.79 Å². The van der Waals surface area contributed by atoms with Crippen LogP contribution in [0.2, 0.25) is 0 Å². The van der Waals surface area contributed by atoms with Crippen molar-refractivity contribution in [1.29, 1.82) is 0 Å². The van der Waals surface area contributed by atoms with E-state index in [-0.39, 0.29) is 5.70 Å². The molecule has 0 aromatic rings. The molecular weight excluding hydrogens is 182 g/mol. The first kappa shape index (κ1) is 12.7. The number of hydrogen-bond acceptors (Lipinski definition) is 3. The molecule has 0 saturated heterocycles. The quantitative estimate of drug-likeness (QED) is 0.291. The standard InChI is InChI=1S/C10H17NO3/c1-3-5-6-7-9(11-8-12)10(13)14-4-2/h7-8H,3-6H2,1-2H3,(H,11,12)/b9-7-. The van der Waals surface area contributed by atoms with Crippen LogP contribution in [-0.4, -0.2) is 19.0 Å². The van der Waals surface area contributed by atoms with Gasteiger partial charge in [-0.1, -0.05) is 19.4 Å². The van der Waals surface area contributed by atoms with E-state index in [1.54, 1.807) is 13.0 Å². The third-order valence-electron chi connectivity index (χ3n) is 1.62. The molecule has 0 aromatic heterocycles. The normalized spacial score (nSPS) is 10.9. The van der Waals surface area contributed by atoms with Crippen LogP contribution < -0.4 is 5.32 Å². The molecule has 1 amide bonds. The van der Waals surface area contributed by atoms with E-state index in [0.29, 0.717) is 13.0 Å². The Morgan fingerprint density at radius 1 is 1.43 bits per heavy atom. The van der Waals surface area contributed by atoms with Gasteiger partial charge < -0.3 is 10.1 Å². The summed E-state index contributed by atoms with van der Waals surface area (Å²) in [5.41, 5.74) is 0.232. The van der Waals surface area contributed by atoms with Gasteiger partial charge in [0, 0.05) is 0 Å². The maximum absolute atomic E-state index is 11.2. The van der Waals surface area contributed by atoms with Crippen LogP contribution in [0, 0.1) is 0 Å². The van der Waals surface area contributed by atoms with Crippen molar-refractivity contribution in [3.63, 3.8) is 0 Å². The summed E-state index contributed by atoms with van der Waals surface area (Å²) in [5, 5.41) is 2.33. The van der Waals surface area contributed by atoms with Crippen molar-refractivity contribution in [3.05, 3.63) is 11.8 Å². The van der Waals surface area contributed by atoms with Gasteiger partial charge in [-0.15, -0.1) is 0 Å². The lowest BCUT2D eigenvalue weighted by Gasteiger charge is -2.04. The molecule has 0 atom stereocenters. The number of rotatable bonds is 7. The van der Waals surface area contributed by atoms with Crippen molar-refractivity contribution >= 4 is 12.4 Å². The van der Waals surface area contributed by atoms with Gasteiger partial charge >= 0.3 is 5.97 Å². The second-order valence-electron chi connectivity index (χ2n) is 2.74. The Balaban J connectivity index is 4.18. The lowest BCUT2D eigenvalue weighted by Crippen LogP contribution is -2.21. The smallest absolute Gasteiger partial charge is 0.354 e. The minimum atomic E-state index is -0.476. The van der Waals surface area contributed by atoms with Crippen molar-refractivity contribution in [2.24, 2.45) is 0 Å². The van der Waals surface area contributed by atoms with Crippen molar-refractivity contribution < 1.29 is 14.3 Å². The first-order valence-corrected chi connectivity index (χ1v) is 4.83. The lowest BCUT2D eigenvalue weighted by atomic mass is 10.2. The maximum Gasteiger partial charge on any atom is 0.354 e. The van der Waals surface area contributed by atoms with E-state index in [0.717, 1.165) is 19.3 Å². The molecule has 0 unspecified atom stereocenters. The molecule has 0 saturated carbocycles. The fourth-order valence-corrected chi connectivity index (χ4v) is 0.924. The van der Waals surface area contributed by atoms with Crippen LogP contribution in [0.4, 0.5) is 0 Å². The van der Waals surface area contributed by atoms with Gasteiger partial charge in [0.1, 0.15) is 5.70 Å². The van der Waals surface area contributed by atoms with Gasteiger partial charge in [0.2, 0.25) is 6.41 Å². The minimum absolute atomic E-state index is 0.232. The molecule has 80 valence electrons. The summed E-state index contributed by atoms with van der Waals surface area (Å²) in [6, 6.07) is 0. The highest BCUT2D eigenvalue weighted by molar-refractivity contribution is 5.90. The molecule has 0 aliphatic carbocycles. The molecule has 0 aromatic carbocycles. The average molecular weight is 199 g/mol. The number of allylic oxidation sites excluding steroid dienone is 1. The number of ether oxygens (including phenoxy) is 1. The number of carbonyl (C=O) groups excluding carboxylic acids is 2. The molecule has 0 spiro atoms. The molecule has 0 aliphatic rings. The summed E-state index contributed by atoms with van der Waals surface area (Å²) in [4.78, 5) is 21.4. The molecule has 0 radical (unpaired) electrons. The van der Waals surface area contributed by atoms with Gasteiger partial charge in [-0.3, -0.25) is 4.79 Å². The van der Waals surface area contributed by atoms with E-state index in [2.05, 4.69) is 12.2 Å². The third-order valence-corrected chi connectivity index (χ3v) is 1.62. The van der Waals surface area contributed by atoms with Crippen molar-refractivity contribution in [2.45, 2.75) is 33.1 Å². The van der Waals surface area contributed by atoms with Crippen LogP contribution in [0.25, 0.3) is 0 Å². The summed E-state index contributed by atoms with van der Waals surface area (Å²) in [6.45, 7) is 4.10. The number of hydrogen-bond donors (Lipinski definition) is 1. The first-order valence-electron chi connectivity index (χ1n) is 4.83. The van der Waals surface area contributed by atoms with E-state index in [1.807, 2.05) is 0 Å². The van der Waals surface area contributed by atoms with Gasteiger partial charge in [0.25, 0.3) is 0 Å². The van der Waals surface area contributed by atoms with E-state index in [4.69, 9.17) is 4.74 Å². The molecular formula is C10H17NO3. The van der Waals surface area contributed by atoms with E-state index in [9.17, 15) is 9.59 Å². The SMILES string of the molecule is CCCC/C=C(\NC=O)C(=O)OCC. The van der Waals surface area contributed by atoms with Crippen LogP contribution in [-0.2, 0) is 14.3 Å². The second-order valence-corrected chi connectivity index (χ2v) is 2.74. The highest BCUT2D eigenvalue weighted by Gasteiger charge is 2.08. The van der Waals surface area contributed by atoms with Crippen LogP contribution in [0.5, 0.6) is 0 Å². The summed E-state index contributed by atoms with van der Waals surface area (Å²) >= 11 is 0. The van der Waals surface area contributed by atoms with Crippen molar-refractivity contribution in [3.8, 4) is 0 Å². The predicted molar refractivity (Wildman–Crippen MR) is 53.4 cm³/mol. The summed E-state index contributed by atoms with van der Waals surface area (Å²) in [6.07, 6.45) is 4.98. The van der Waals surface area contributed by atoms with Crippen LogP contribution >= 0.6 is 0 Å². The molecule has 0 rings (SSSR count). The summed E-state index contributed by atoms with van der Waals surface area (Å²) in [7, 11) is 0. The van der Waals surface area contributed by atoms with Gasteiger partial charge in [-0.2, -0.15) is 0 Å². The monoisotopic (exact) mass is 199 g/mol. The molecule has 14 heavy (non-hydrogen) atoms. The zero-order chi connectivity index (χ0) is 10.8. The first-order chi connectivity index (χ1) is 6.76. The zero-order valence-corrected chi connectivity index (χ0v) is 8.71. The Hall–Kier alpha value is -1.32. The summed E-state index contributed by atoms with van der Waals surface area (Å²) < 4.78 is 4.76. The predicted octanol–water partition coefficient (Wildman–Crippen LogP) is 1.37. The number of unbranched alkanes of at least 4 members (excludes halogenated alkanes) is 2. The number of esters is 1. The van der Waals surface area contributed by atoms with Gasteiger partial charge in [0.05, 0.1) is 6.61 Å². The Morgan fingerprint density at radius 3 is 2.64 bits per heavy atom. The lowest BCUT2D eigenvalue weighted by molar-refractivity contribution is -0.139. The molecule has 0 aliphatic heterocycles. The molecule has 4 heteroatoms. The van der Waals surface area contributed by atoms with E-state index < -0.39 is 5.97 Å². The molecule has 0 fully saturated rings. The van der Waals surface area contributed by atoms with Gasteiger partial charge in [-0.05, 0) is 19.8 Å². The van der Waals surface area contributed by atoms with Crippen LogP contribution in [0.15, 0.2) is 11.8 Å². The molecule has 0 bridgehead atoms. The van der Waals surface area contributed by atoms with Crippen molar-refractivity contribution in [1.82, 2.24) is 5.32 Å². The Kier molecular flexibility index (Phi) is 7.50. The Labute approximate surface area is 84.3 Å². The maximum atomic E-state index is 11.2. The molecule has 4 nitrogen and oxygen atoms in total. The zero-order valence-electron chi connectivity index (χ0n) is 8.71. The average Bonchev–Trinajstić information content (AvgIpc) is 2.17. The summed E-state index contributed by atoms with van der Waals surface area (Å²) in [5.74, 6) is -0.476. The Bertz CT molecular complexity index is 211. The van der Waals surface area contributed by atoms with E-state index >= 15 is 0 Å². The third kappa shape index (κ3) is 5.35. The van der Waals surface area contributed by atoms with E-state index in [1.165, 1.54) is 0 Å². The highest BCUT2D eigenvalue weighted by atomic mass is 16.5. The van der Waals surface area contributed by atoms with Crippen LogP contribution in [0.1, 0.15) is 33.1 Å². The molecule has 1 N–H and O–H groups in total. The number of nitrogens with one attached hydrogen (secondary N) is 1. The largest absolute Gasteiger partial charge is 0.461 e. The number of amides is 1. The fraction of sp³-hybridized carbons (Fsp3) is 0.600. The highest BCUT2D eigenvalue weighted by Crippen LogP contribution is 2.00. The van der Waals surface area contributed by atoms with Gasteiger partial charge in [0.15, 0.2) is 0 Å². The van der Waals surface area contributed by atoms with Crippen LogP contribution in [0.3, 0.4) is 0 Å². The molecule has 0 heterocycles.